The number of morpholine rings is 1. The highest BCUT2D eigenvalue weighted by Crippen LogP contribution is 2.37. The van der Waals surface area contributed by atoms with Crippen molar-refractivity contribution in [2.24, 2.45) is 0 Å². The average molecular weight is 528 g/mol. The van der Waals surface area contributed by atoms with Crippen LogP contribution in [0, 0.1) is 0 Å². The van der Waals surface area contributed by atoms with E-state index in [-0.39, 0.29) is 31.3 Å². The smallest absolute Gasteiger partial charge is 0.410 e. The van der Waals surface area contributed by atoms with E-state index in [4.69, 9.17) is 18.6 Å². The Bertz CT molecular complexity index is 992. The molecule has 1 aliphatic rings. The molecule has 1 unspecified atom stereocenters. The number of rotatable bonds is 7. The highest BCUT2D eigenvalue weighted by Gasteiger charge is 2.51. The molecule has 0 saturated carbocycles. The van der Waals surface area contributed by atoms with Gasteiger partial charge in [-0.25, -0.2) is 9.59 Å². The van der Waals surface area contributed by atoms with Crippen LogP contribution < -0.4 is 10.4 Å². The normalized spacial score (nSPS) is 18.8. The van der Waals surface area contributed by atoms with Gasteiger partial charge in [-0.2, -0.15) is 0 Å². The summed E-state index contributed by atoms with van der Waals surface area (Å²) in [6, 6.07) is 20.6. The first-order valence-electron chi connectivity index (χ1n) is 12.9. The monoisotopic (exact) mass is 527 g/mol. The standard InChI is InChI=1S/C29H41NO6Si/c1-8-33-26(31)25-20-30(27(32)36-28(2,3)4)19-22(35-25)21-34-37(29(5,6)7,23-15-11-9-12-16-23)24-17-13-10-14-18-24/h9-18,22,25H,8,19-21H2,1-7H3/t22-,25?/m0/s1. The minimum atomic E-state index is -2.82. The predicted octanol–water partition coefficient (Wildman–Crippen LogP) is 4.13. The first-order valence-corrected chi connectivity index (χ1v) is 14.8. The Hall–Kier alpha value is -2.68. The number of hydrogen-bond donors (Lipinski definition) is 0. The third-order valence-corrected chi connectivity index (χ3v) is 11.3. The number of benzene rings is 2. The van der Waals surface area contributed by atoms with Gasteiger partial charge >= 0.3 is 12.1 Å². The summed E-state index contributed by atoms with van der Waals surface area (Å²) in [4.78, 5) is 27.1. The maximum absolute atomic E-state index is 13.0. The summed E-state index contributed by atoms with van der Waals surface area (Å²) < 4.78 is 24.0. The highest BCUT2D eigenvalue weighted by molar-refractivity contribution is 6.99. The fourth-order valence-electron chi connectivity index (χ4n) is 4.75. The second-order valence-electron chi connectivity index (χ2n) is 11.4. The molecule has 0 radical (unpaired) electrons. The van der Waals surface area contributed by atoms with E-state index >= 15 is 0 Å². The van der Waals surface area contributed by atoms with E-state index in [0.717, 1.165) is 10.4 Å². The van der Waals surface area contributed by atoms with Gasteiger partial charge < -0.3 is 23.5 Å². The summed E-state index contributed by atoms with van der Waals surface area (Å²) in [7, 11) is -2.82. The fourth-order valence-corrected chi connectivity index (χ4v) is 9.34. The molecule has 2 aromatic rings. The van der Waals surface area contributed by atoms with Gasteiger partial charge in [0.1, 0.15) is 5.60 Å². The molecule has 0 spiro atoms. The molecule has 37 heavy (non-hydrogen) atoms. The van der Waals surface area contributed by atoms with Crippen LogP contribution >= 0.6 is 0 Å². The summed E-state index contributed by atoms with van der Waals surface area (Å²) in [6.07, 6.45) is -1.92. The Morgan fingerprint density at radius 3 is 1.92 bits per heavy atom. The third-order valence-electron chi connectivity index (χ3n) is 6.27. The van der Waals surface area contributed by atoms with Crippen LogP contribution in [0.4, 0.5) is 4.79 Å². The van der Waals surface area contributed by atoms with Crippen LogP contribution in [0.3, 0.4) is 0 Å². The maximum atomic E-state index is 13.0. The summed E-state index contributed by atoms with van der Waals surface area (Å²) in [5.74, 6) is -0.494. The Morgan fingerprint density at radius 2 is 1.46 bits per heavy atom. The quantitative estimate of drug-likeness (QED) is 0.398. The van der Waals surface area contributed by atoms with Gasteiger partial charge in [0.25, 0.3) is 8.32 Å². The second-order valence-corrected chi connectivity index (χ2v) is 15.7. The van der Waals surface area contributed by atoms with Gasteiger partial charge in [0.2, 0.25) is 0 Å². The van der Waals surface area contributed by atoms with Crippen molar-refractivity contribution in [2.45, 2.75) is 71.3 Å². The molecule has 1 heterocycles. The zero-order valence-electron chi connectivity index (χ0n) is 23.2. The SMILES string of the molecule is CCOC(=O)C1CN(C(=O)OC(C)(C)C)C[C@@H](CO[Si](c2ccccc2)(c2ccccc2)C(C)(C)C)O1. The Balaban J connectivity index is 1.94. The Labute approximate surface area is 222 Å². The zero-order chi connectivity index (χ0) is 27.3. The van der Waals surface area contributed by atoms with Crippen molar-refractivity contribution < 1.29 is 28.2 Å². The molecule has 202 valence electrons. The highest BCUT2D eigenvalue weighted by atomic mass is 28.4. The van der Waals surface area contributed by atoms with Gasteiger partial charge in [-0.1, -0.05) is 81.4 Å². The lowest BCUT2D eigenvalue weighted by atomic mass is 10.2. The number of nitrogens with zero attached hydrogens (tertiary/aromatic N) is 1. The van der Waals surface area contributed by atoms with Gasteiger partial charge in [-0.05, 0) is 43.1 Å². The minimum Gasteiger partial charge on any atom is -0.464 e. The number of ether oxygens (including phenoxy) is 3. The molecule has 1 fully saturated rings. The average Bonchev–Trinajstić information content (AvgIpc) is 2.84. The number of amides is 1. The van der Waals surface area contributed by atoms with Gasteiger partial charge in [0.15, 0.2) is 6.10 Å². The van der Waals surface area contributed by atoms with Crippen LogP contribution in [0.2, 0.25) is 5.04 Å². The molecule has 3 rings (SSSR count). The van der Waals surface area contributed by atoms with E-state index in [0.29, 0.717) is 0 Å². The lowest BCUT2D eigenvalue weighted by molar-refractivity contribution is -0.171. The van der Waals surface area contributed by atoms with Crippen molar-refractivity contribution in [3.05, 3.63) is 60.7 Å². The van der Waals surface area contributed by atoms with Gasteiger partial charge in [-0.15, -0.1) is 0 Å². The Morgan fingerprint density at radius 1 is 0.919 bits per heavy atom. The number of carbonyl (C=O) groups excluding carboxylic acids is 2. The maximum Gasteiger partial charge on any atom is 0.410 e. The molecule has 2 aromatic carbocycles. The van der Waals surface area contributed by atoms with Crippen molar-refractivity contribution in [1.29, 1.82) is 0 Å². The van der Waals surface area contributed by atoms with Crippen molar-refractivity contribution in [2.75, 3.05) is 26.3 Å². The van der Waals surface area contributed by atoms with Crippen LogP contribution in [0.1, 0.15) is 48.5 Å². The molecular weight excluding hydrogens is 486 g/mol. The topological polar surface area (TPSA) is 74.3 Å². The molecule has 1 amide bonds. The molecule has 0 bridgehead atoms. The number of hydrogen-bond acceptors (Lipinski definition) is 6. The largest absolute Gasteiger partial charge is 0.464 e. The van der Waals surface area contributed by atoms with Crippen LogP contribution in [-0.4, -0.2) is 69.4 Å². The first kappa shape index (κ1) is 28.9. The molecule has 7 nitrogen and oxygen atoms in total. The third kappa shape index (κ3) is 7.00. The van der Waals surface area contributed by atoms with Crippen LogP contribution in [-0.2, 0) is 23.4 Å². The van der Waals surface area contributed by atoms with E-state index in [1.807, 2.05) is 57.2 Å². The van der Waals surface area contributed by atoms with Gasteiger partial charge in [0.05, 0.1) is 32.4 Å². The van der Waals surface area contributed by atoms with Crippen molar-refractivity contribution >= 4 is 30.8 Å². The van der Waals surface area contributed by atoms with E-state index in [9.17, 15) is 9.59 Å². The zero-order valence-corrected chi connectivity index (χ0v) is 24.2. The van der Waals surface area contributed by atoms with Crippen molar-refractivity contribution in [3.8, 4) is 0 Å². The molecule has 0 aromatic heterocycles. The molecular formula is C29H41NO6Si. The van der Waals surface area contributed by atoms with Crippen LogP contribution in [0.5, 0.6) is 0 Å². The van der Waals surface area contributed by atoms with Gasteiger partial charge in [-0.3, -0.25) is 0 Å². The summed E-state index contributed by atoms with van der Waals surface area (Å²) in [5, 5.41) is 2.08. The number of carbonyl (C=O) groups is 2. The van der Waals surface area contributed by atoms with Crippen LogP contribution in [0.15, 0.2) is 60.7 Å². The lowest BCUT2D eigenvalue weighted by Gasteiger charge is -2.45. The molecule has 0 aliphatic carbocycles. The predicted molar refractivity (Wildman–Crippen MR) is 147 cm³/mol. The van der Waals surface area contributed by atoms with E-state index in [1.54, 1.807) is 6.92 Å². The van der Waals surface area contributed by atoms with E-state index < -0.39 is 38.2 Å². The molecule has 0 N–H and O–H groups in total. The molecule has 1 saturated heterocycles. The molecule has 8 heteroatoms. The van der Waals surface area contributed by atoms with Crippen molar-refractivity contribution in [3.63, 3.8) is 0 Å². The fraction of sp³-hybridized carbons (Fsp3) is 0.517. The van der Waals surface area contributed by atoms with Crippen molar-refractivity contribution in [1.82, 2.24) is 4.90 Å². The van der Waals surface area contributed by atoms with E-state index in [2.05, 4.69) is 45.0 Å². The molecule has 1 aliphatic heterocycles. The second kappa shape index (κ2) is 11.8. The molecule has 2 atom stereocenters. The number of esters is 1. The summed E-state index contributed by atoms with van der Waals surface area (Å²) in [6.45, 7) is 14.6. The van der Waals surface area contributed by atoms with Gasteiger partial charge in [0, 0.05) is 0 Å². The minimum absolute atomic E-state index is 0.0729. The summed E-state index contributed by atoms with van der Waals surface area (Å²) >= 11 is 0. The van der Waals surface area contributed by atoms with Crippen LogP contribution in [0.25, 0.3) is 0 Å². The lowest BCUT2D eigenvalue weighted by Crippen LogP contribution is -2.67. The van der Waals surface area contributed by atoms with E-state index in [1.165, 1.54) is 4.90 Å². The first-order chi connectivity index (χ1) is 17.4. The summed E-state index contributed by atoms with van der Waals surface area (Å²) in [5.41, 5.74) is -0.657. The Kier molecular flexibility index (Phi) is 9.21.